The van der Waals surface area contributed by atoms with E-state index in [-0.39, 0.29) is 28.8 Å². The molecule has 2 aromatic carbocycles. The molecule has 0 aliphatic rings. The molecule has 11 heteroatoms. The van der Waals surface area contributed by atoms with Crippen molar-refractivity contribution in [3.63, 3.8) is 0 Å². The number of amides is 3. The standard InChI is InChI=1S/C20H17Cl2FN4O3S/c21-13-4-7-16(15(22)11-13)24-17(28)9-10-19(30)26-27-20(31)25-18(29)8-3-12-1-5-14(23)6-2-12/h1-8,11H,9-10H2,(H,24,28)(H,26,30)(H2,25,27,29,31)/b8-3+. The van der Waals surface area contributed by atoms with E-state index in [1.54, 1.807) is 12.1 Å². The predicted octanol–water partition coefficient (Wildman–Crippen LogP) is 3.59. The van der Waals surface area contributed by atoms with Crippen molar-refractivity contribution in [1.29, 1.82) is 0 Å². The van der Waals surface area contributed by atoms with Crippen molar-refractivity contribution in [3.8, 4) is 0 Å². The van der Waals surface area contributed by atoms with Crippen LogP contribution in [0.2, 0.25) is 10.0 Å². The maximum Gasteiger partial charge on any atom is 0.250 e. The molecule has 0 unspecified atom stereocenters. The van der Waals surface area contributed by atoms with E-state index in [1.165, 1.54) is 42.5 Å². The second kappa shape index (κ2) is 12.0. The van der Waals surface area contributed by atoms with Crippen LogP contribution in [0.1, 0.15) is 18.4 Å². The average molecular weight is 483 g/mol. The molecule has 0 aliphatic heterocycles. The first-order chi connectivity index (χ1) is 14.7. The molecule has 2 aromatic rings. The molecule has 162 valence electrons. The van der Waals surface area contributed by atoms with E-state index in [0.29, 0.717) is 16.3 Å². The number of thiocarbonyl (C=S) groups is 1. The van der Waals surface area contributed by atoms with Crippen molar-refractivity contribution in [2.75, 3.05) is 5.32 Å². The van der Waals surface area contributed by atoms with Gasteiger partial charge < -0.3 is 5.32 Å². The monoisotopic (exact) mass is 482 g/mol. The average Bonchev–Trinajstić information content (AvgIpc) is 2.72. The Morgan fingerprint density at radius 3 is 2.32 bits per heavy atom. The number of carbonyl (C=O) groups is 3. The van der Waals surface area contributed by atoms with Gasteiger partial charge in [0.2, 0.25) is 17.7 Å². The summed E-state index contributed by atoms with van der Waals surface area (Å²) in [6, 6.07) is 10.2. The minimum atomic E-state index is -0.546. The Hall–Kier alpha value is -3.01. The second-order valence-electron chi connectivity index (χ2n) is 6.05. The number of carbonyl (C=O) groups excluding carboxylic acids is 3. The van der Waals surface area contributed by atoms with Crippen LogP contribution in [0.25, 0.3) is 6.08 Å². The Balaban J connectivity index is 1.67. The fourth-order valence-electron chi connectivity index (χ4n) is 2.15. The zero-order valence-corrected chi connectivity index (χ0v) is 18.2. The minimum Gasteiger partial charge on any atom is -0.325 e. The fraction of sp³-hybridized carbons (Fsp3) is 0.100. The highest BCUT2D eigenvalue weighted by Gasteiger charge is 2.10. The predicted molar refractivity (Wildman–Crippen MR) is 122 cm³/mol. The van der Waals surface area contributed by atoms with Crippen molar-refractivity contribution < 1.29 is 18.8 Å². The van der Waals surface area contributed by atoms with Gasteiger partial charge in [0, 0.05) is 23.9 Å². The van der Waals surface area contributed by atoms with Crippen molar-refractivity contribution in [2.45, 2.75) is 12.8 Å². The molecule has 0 saturated carbocycles. The summed E-state index contributed by atoms with van der Waals surface area (Å²) >= 11 is 16.7. The molecule has 4 N–H and O–H groups in total. The molecule has 0 spiro atoms. The summed E-state index contributed by atoms with van der Waals surface area (Å²) in [6.07, 6.45) is 2.44. The Morgan fingerprint density at radius 1 is 0.968 bits per heavy atom. The number of nitrogens with one attached hydrogen (secondary N) is 4. The van der Waals surface area contributed by atoms with Crippen LogP contribution in [0, 0.1) is 5.82 Å². The third kappa shape index (κ3) is 9.12. The molecule has 0 aliphatic carbocycles. The first-order valence-corrected chi connectivity index (χ1v) is 9.97. The summed E-state index contributed by atoms with van der Waals surface area (Å²) in [6.45, 7) is 0. The molecule has 0 heterocycles. The molecule has 3 amide bonds. The molecule has 0 atom stereocenters. The summed E-state index contributed by atoms with van der Waals surface area (Å²) in [4.78, 5) is 35.5. The van der Waals surface area contributed by atoms with Gasteiger partial charge >= 0.3 is 0 Å². The fourth-order valence-corrected chi connectivity index (χ4v) is 2.76. The van der Waals surface area contributed by atoms with E-state index in [2.05, 4.69) is 21.5 Å². The van der Waals surface area contributed by atoms with Crippen LogP contribution in [0.3, 0.4) is 0 Å². The topological polar surface area (TPSA) is 99.3 Å². The van der Waals surface area contributed by atoms with E-state index >= 15 is 0 Å². The van der Waals surface area contributed by atoms with Crippen LogP contribution in [0.5, 0.6) is 0 Å². The third-order valence-electron chi connectivity index (χ3n) is 3.63. The first-order valence-electron chi connectivity index (χ1n) is 8.81. The van der Waals surface area contributed by atoms with E-state index in [1.807, 2.05) is 0 Å². The van der Waals surface area contributed by atoms with Gasteiger partial charge in [-0.1, -0.05) is 35.3 Å². The van der Waals surface area contributed by atoms with Gasteiger partial charge in [-0.05, 0) is 54.2 Å². The van der Waals surface area contributed by atoms with Gasteiger partial charge in [-0.2, -0.15) is 0 Å². The first kappa shape index (κ1) is 24.3. The lowest BCUT2D eigenvalue weighted by Crippen LogP contribution is -2.48. The van der Waals surface area contributed by atoms with Gasteiger partial charge in [0.25, 0.3) is 0 Å². The quantitative estimate of drug-likeness (QED) is 0.286. The van der Waals surface area contributed by atoms with E-state index in [0.717, 1.165) is 0 Å². The molecule has 0 bridgehead atoms. The largest absolute Gasteiger partial charge is 0.325 e. The van der Waals surface area contributed by atoms with Crippen molar-refractivity contribution in [2.24, 2.45) is 0 Å². The second-order valence-corrected chi connectivity index (χ2v) is 7.30. The van der Waals surface area contributed by atoms with Gasteiger partial charge in [0.15, 0.2) is 5.11 Å². The summed E-state index contributed by atoms with van der Waals surface area (Å²) in [5.41, 5.74) is 5.64. The molecule has 7 nitrogen and oxygen atoms in total. The summed E-state index contributed by atoms with van der Waals surface area (Å²) in [5.74, 6) is -1.86. The zero-order valence-electron chi connectivity index (χ0n) is 15.9. The molecule has 0 fully saturated rings. The molecule has 0 radical (unpaired) electrons. The lowest BCUT2D eigenvalue weighted by Gasteiger charge is -2.10. The van der Waals surface area contributed by atoms with Gasteiger partial charge in [-0.25, -0.2) is 4.39 Å². The van der Waals surface area contributed by atoms with Gasteiger partial charge in [0.1, 0.15) is 5.82 Å². The highest BCUT2D eigenvalue weighted by Crippen LogP contribution is 2.25. The number of hydrazine groups is 1. The maximum atomic E-state index is 12.8. The van der Waals surface area contributed by atoms with Crippen molar-refractivity contribution >= 4 is 70.0 Å². The highest BCUT2D eigenvalue weighted by atomic mass is 35.5. The number of benzene rings is 2. The number of hydrogen-bond donors (Lipinski definition) is 4. The normalized spacial score (nSPS) is 10.4. The van der Waals surface area contributed by atoms with Gasteiger partial charge in [-0.3, -0.25) is 30.6 Å². The summed E-state index contributed by atoms with van der Waals surface area (Å²) in [7, 11) is 0. The van der Waals surface area contributed by atoms with Crippen LogP contribution in [-0.2, 0) is 14.4 Å². The summed E-state index contributed by atoms with van der Waals surface area (Å²) < 4.78 is 12.8. The Bertz CT molecular complexity index is 1020. The number of halogens is 3. The van der Waals surface area contributed by atoms with E-state index in [4.69, 9.17) is 35.4 Å². The molecular formula is C20H17Cl2FN4O3S. The van der Waals surface area contributed by atoms with E-state index < -0.39 is 17.7 Å². The molecular weight excluding hydrogens is 466 g/mol. The van der Waals surface area contributed by atoms with Crippen molar-refractivity contribution in [3.05, 3.63) is 70.0 Å². The van der Waals surface area contributed by atoms with Crippen LogP contribution >= 0.6 is 35.4 Å². The SMILES string of the molecule is O=C(/C=C/c1ccc(F)cc1)NC(=S)NNC(=O)CCC(=O)Nc1ccc(Cl)cc1Cl. The van der Waals surface area contributed by atoms with E-state index in [9.17, 15) is 18.8 Å². The number of hydrogen-bond acceptors (Lipinski definition) is 4. The number of anilines is 1. The molecule has 0 aromatic heterocycles. The van der Waals surface area contributed by atoms with Gasteiger partial charge in [0.05, 0.1) is 10.7 Å². The van der Waals surface area contributed by atoms with Crippen LogP contribution in [0.4, 0.5) is 10.1 Å². The lowest BCUT2D eigenvalue weighted by atomic mass is 10.2. The Morgan fingerprint density at radius 2 is 1.65 bits per heavy atom. The van der Waals surface area contributed by atoms with Gasteiger partial charge in [-0.15, -0.1) is 0 Å². The molecule has 31 heavy (non-hydrogen) atoms. The maximum absolute atomic E-state index is 12.8. The highest BCUT2D eigenvalue weighted by molar-refractivity contribution is 7.80. The lowest BCUT2D eigenvalue weighted by molar-refractivity contribution is -0.124. The van der Waals surface area contributed by atoms with Crippen LogP contribution < -0.4 is 21.5 Å². The summed E-state index contributed by atoms with van der Waals surface area (Å²) in [5, 5.41) is 5.47. The van der Waals surface area contributed by atoms with Crippen molar-refractivity contribution in [1.82, 2.24) is 16.2 Å². The molecule has 2 rings (SSSR count). The number of rotatable bonds is 6. The minimum absolute atomic E-state index is 0.105. The molecule has 0 saturated heterocycles. The Kier molecular flexibility index (Phi) is 9.39. The Labute approximate surface area is 193 Å². The third-order valence-corrected chi connectivity index (χ3v) is 4.39. The smallest absolute Gasteiger partial charge is 0.250 e. The van der Waals surface area contributed by atoms with Crippen LogP contribution in [-0.4, -0.2) is 22.8 Å². The zero-order chi connectivity index (χ0) is 22.8. The van der Waals surface area contributed by atoms with Crippen LogP contribution in [0.15, 0.2) is 48.5 Å².